The predicted octanol–water partition coefficient (Wildman–Crippen LogP) is 2.57. The van der Waals surface area contributed by atoms with Crippen molar-refractivity contribution >= 4 is 23.2 Å². The smallest absolute Gasteiger partial charge is 0.242 e. The third kappa shape index (κ3) is 3.13. The number of amides is 1. The van der Waals surface area contributed by atoms with Crippen LogP contribution in [0.4, 0.5) is 5.69 Å². The number of hydrogen-bond donors (Lipinski definition) is 1. The summed E-state index contributed by atoms with van der Waals surface area (Å²) in [5, 5.41) is 2.15. The van der Waals surface area contributed by atoms with Gasteiger partial charge in [0.05, 0.1) is 12.8 Å². The third-order valence-corrected chi connectivity index (χ3v) is 2.17. The van der Waals surface area contributed by atoms with Crippen LogP contribution in [0.1, 0.15) is 12.5 Å². The highest BCUT2D eigenvalue weighted by Gasteiger charge is 2.11. The molecule has 0 aliphatic heterocycles. The fourth-order valence-electron chi connectivity index (χ4n) is 1.15. The number of carbonyl (C=O) groups excluding carboxylic acids is 1. The Labute approximate surface area is 94.4 Å². The van der Waals surface area contributed by atoms with E-state index >= 15 is 0 Å². The van der Waals surface area contributed by atoms with Crippen molar-refractivity contribution in [1.82, 2.24) is 0 Å². The number of methoxy groups -OCH3 is 1. The molecule has 0 spiro atoms. The van der Waals surface area contributed by atoms with E-state index < -0.39 is 5.38 Å². The van der Waals surface area contributed by atoms with Gasteiger partial charge in [-0.3, -0.25) is 4.79 Å². The number of benzene rings is 1. The molecule has 0 fully saturated rings. The van der Waals surface area contributed by atoms with Gasteiger partial charge in [0.15, 0.2) is 0 Å². The zero-order valence-corrected chi connectivity index (χ0v) is 9.76. The van der Waals surface area contributed by atoms with Crippen molar-refractivity contribution in [2.45, 2.75) is 19.2 Å². The number of nitrogens with one attached hydrogen (secondary N) is 1. The molecule has 0 unspecified atom stereocenters. The topological polar surface area (TPSA) is 38.3 Å². The summed E-state index contributed by atoms with van der Waals surface area (Å²) in [6, 6.07) is 5.57. The highest BCUT2D eigenvalue weighted by molar-refractivity contribution is 6.32. The largest absolute Gasteiger partial charge is 0.495 e. The summed E-state index contributed by atoms with van der Waals surface area (Å²) in [7, 11) is 1.56. The van der Waals surface area contributed by atoms with Gasteiger partial charge in [0.1, 0.15) is 11.1 Å². The van der Waals surface area contributed by atoms with Gasteiger partial charge in [0, 0.05) is 0 Å². The minimum atomic E-state index is -0.560. The Bertz CT molecular complexity index is 364. The van der Waals surface area contributed by atoms with Crippen molar-refractivity contribution in [3.8, 4) is 5.75 Å². The second kappa shape index (κ2) is 5.03. The molecule has 1 atom stereocenters. The molecule has 82 valence electrons. The maximum Gasteiger partial charge on any atom is 0.242 e. The van der Waals surface area contributed by atoms with Crippen LogP contribution in [0.3, 0.4) is 0 Å². The molecule has 0 aliphatic rings. The lowest BCUT2D eigenvalue weighted by molar-refractivity contribution is -0.115. The predicted molar refractivity (Wildman–Crippen MR) is 61.7 cm³/mol. The lowest BCUT2D eigenvalue weighted by Crippen LogP contribution is -2.20. The van der Waals surface area contributed by atoms with E-state index in [1.807, 2.05) is 25.1 Å². The van der Waals surface area contributed by atoms with E-state index in [0.29, 0.717) is 11.4 Å². The number of ether oxygens (including phenoxy) is 1. The maximum absolute atomic E-state index is 11.4. The van der Waals surface area contributed by atoms with E-state index in [-0.39, 0.29) is 5.91 Å². The van der Waals surface area contributed by atoms with Crippen LogP contribution in [0, 0.1) is 6.92 Å². The molecule has 1 N–H and O–H groups in total. The first kappa shape index (κ1) is 11.9. The molecule has 15 heavy (non-hydrogen) atoms. The molecule has 0 heterocycles. The van der Waals surface area contributed by atoms with Gasteiger partial charge in [-0.25, -0.2) is 0 Å². The zero-order chi connectivity index (χ0) is 11.4. The van der Waals surface area contributed by atoms with Crippen molar-refractivity contribution in [3.63, 3.8) is 0 Å². The number of aryl methyl sites for hydroxylation is 1. The van der Waals surface area contributed by atoms with E-state index in [1.54, 1.807) is 14.0 Å². The van der Waals surface area contributed by atoms with Gasteiger partial charge < -0.3 is 10.1 Å². The van der Waals surface area contributed by atoms with Crippen LogP contribution in [0.2, 0.25) is 0 Å². The Morgan fingerprint density at radius 2 is 2.20 bits per heavy atom. The molecule has 1 rings (SSSR count). The van der Waals surface area contributed by atoms with Gasteiger partial charge >= 0.3 is 0 Å². The summed E-state index contributed by atoms with van der Waals surface area (Å²) in [6.07, 6.45) is 0. The average molecular weight is 228 g/mol. The summed E-state index contributed by atoms with van der Waals surface area (Å²) in [5.74, 6) is 0.395. The fraction of sp³-hybridized carbons (Fsp3) is 0.364. The highest BCUT2D eigenvalue weighted by Crippen LogP contribution is 2.25. The van der Waals surface area contributed by atoms with E-state index in [4.69, 9.17) is 16.3 Å². The molecular formula is C11H14ClNO2. The third-order valence-electron chi connectivity index (χ3n) is 1.97. The first-order chi connectivity index (χ1) is 7.04. The molecule has 0 saturated carbocycles. The molecular weight excluding hydrogens is 214 g/mol. The molecule has 0 aliphatic carbocycles. The van der Waals surface area contributed by atoms with Gasteiger partial charge in [0.2, 0.25) is 5.91 Å². The highest BCUT2D eigenvalue weighted by atomic mass is 35.5. The second-order valence-corrected chi connectivity index (χ2v) is 3.96. The lowest BCUT2D eigenvalue weighted by atomic mass is 10.2. The number of halogens is 1. The van der Waals surface area contributed by atoms with Crippen LogP contribution in [0.25, 0.3) is 0 Å². The Morgan fingerprint density at radius 1 is 1.53 bits per heavy atom. The summed E-state index contributed by atoms with van der Waals surface area (Å²) < 4.78 is 5.12. The van der Waals surface area contributed by atoms with Crippen molar-refractivity contribution in [2.75, 3.05) is 12.4 Å². The number of rotatable bonds is 3. The van der Waals surface area contributed by atoms with Crippen LogP contribution in [0.5, 0.6) is 5.75 Å². The number of alkyl halides is 1. The Morgan fingerprint density at radius 3 is 2.73 bits per heavy atom. The number of anilines is 1. The fourth-order valence-corrected chi connectivity index (χ4v) is 1.21. The lowest BCUT2D eigenvalue weighted by Gasteiger charge is -2.11. The monoisotopic (exact) mass is 227 g/mol. The minimum absolute atomic E-state index is 0.236. The first-order valence-corrected chi connectivity index (χ1v) is 5.08. The van der Waals surface area contributed by atoms with Crippen LogP contribution < -0.4 is 10.1 Å². The molecule has 0 radical (unpaired) electrons. The molecule has 1 aromatic carbocycles. The zero-order valence-electron chi connectivity index (χ0n) is 9.00. The molecule has 4 heteroatoms. The molecule has 0 aromatic heterocycles. The Balaban J connectivity index is 2.92. The second-order valence-electron chi connectivity index (χ2n) is 3.31. The van der Waals surface area contributed by atoms with E-state index in [9.17, 15) is 4.79 Å². The van der Waals surface area contributed by atoms with E-state index in [1.165, 1.54) is 0 Å². The summed E-state index contributed by atoms with van der Waals surface area (Å²) in [5.41, 5.74) is 1.70. The van der Waals surface area contributed by atoms with Crippen molar-refractivity contribution in [2.24, 2.45) is 0 Å². The van der Waals surface area contributed by atoms with Crippen molar-refractivity contribution in [3.05, 3.63) is 23.8 Å². The Hall–Kier alpha value is -1.22. The molecule has 1 aromatic rings. The quantitative estimate of drug-likeness (QED) is 0.806. The van der Waals surface area contributed by atoms with Crippen LogP contribution in [-0.2, 0) is 4.79 Å². The summed E-state index contributed by atoms with van der Waals surface area (Å²) >= 11 is 5.66. The first-order valence-electron chi connectivity index (χ1n) is 4.64. The van der Waals surface area contributed by atoms with Gasteiger partial charge in [-0.05, 0) is 31.5 Å². The normalized spacial score (nSPS) is 12.0. The summed E-state index contributed by atoms with van der Waals surface area (Å²) in [4.78, 5) is 11.4. The van der Waals surface area contributed by atoms with Crippen molar-refractivity contribution in [1.29, 1.82) is 0 Å². The van der Waals surface area contributed by atoms with Crippen LogP contribution in [0.15, 0.2) is 18.2 Å². The molecule has 3 nitrogen and oxygen atoms in total. The molecule has 0 bridgehead atoms. The van der Waals surface area contributed by atoms with Crippen LogP contribution >= 0.6 is 11.6 Å². The van der Waals surface area contributed by atoms with Gasteiger partial charge in [-0.1, -0.05) is 6.07 Å². The van der Waals surface area contributed by atoms with E-state index in [2.05, 4.69) is 5.32 Å². The Kier molecular flexibility index (Phi) is 3.97. The van der Waals surface area contributed by atoms with Crippen molar-refractivity contribution < 1.29 is 9.53 Å². The van der Waals surface area contributed by atoms with Gasteiger partial charge in [0.25, 0.3) is 0 Å². The number of hydrogen-bond acceptors (Lipinski definition) is 2. The van der Waals surface area contributed by atoms with E-state index in [0.717, 1.165) is 5.56 Å². The molecule has 1 amide bonds. The minimum Gasteiger partial charge on any atom is -0.495 e. The van der Waals surface area contributed by atoms with Crippen LogP contribution in [-0.4, -0.2) is 18.4 Å². The SMILES string of the molecule is COc1ccc(C)cc1NC(=O)[C@@H](C)Cl. The summed E-state index contributed by atoms with van der Waals surface area (Å²) in [6.45, 7) is 3.57. The standard InChI is InChI=1S/C11H14ClNO2/c1-7-4-5-10(15-3)9(6-7)13-11(14)8(2)12/h4-6,8H,1-3H3,(H,13,14)/t8-/m1/s1. The average Bonchev–Trinajstić information content (AvgIpc) is 2.18. The maximum atomic E-state index is 11.4. The van der Waals surface area contributed by atoms with Gasteiger partial charge in [-0.15, -0.1) is 11.6 Å². The molecule has 0 saturated heterocycles. The van der Waals surface area contributed by atoms with Gasteiger partial charge in [-0.2, -0.15) is 0 Å². The number of carbonyl (C=O) groups is 1.